The van der Waals surface area contributed by atoms with Gasteiger partial charge in [0.15, 0.2) is 0 Å². The van der Waals surface area contributed by atoms with Crippen molar-refractivity contribution in [1.29, 1.82) is 0 Å². The molecule has 4 heteroatoms. The van der Waals surface area contributed by atoms with Gasteiger partial charge in [0, 0.05) is 5.56 Å². The lowest BCUT2D eigenvalue weighted by Gasteiger charge is -2.26. The Morgan fingerprint density at radius 1 is 1.25 bits per heavy atom. The van der Waals surface area contributed by atoms with E-state index < -0.39 is 0 Å². The van der Waals surface area contributed by atoms with E-state index in [4.69, 9.17) is 9.47 Å². The smallest absolute Gasteiger partial charge is 0.338 e. The van der Waals surface area contributed by atoms with Crippen LogP contribution in [0.2, 0.25) is 0 Å². The van der Waals surface area contributed by atoms with Crippen molar-refractivity contribution in [1.82, 2.24) is 0 Å². The maximum atomic E-state index is 12.0. The van der Waals surface area contributed by atoms with Crippen LogP contribution in [0.5, 0.6) is 0 Å². The van der Waals surface area contributed by atoms with Gasteiger partial charge in [-0.3, -0.25) is 4.79 Å². The van der Waals surface area contributed by atoms with Crippen LogP contribution in [0.4, 0.5) is 0 Å². The van der Waals surface area contributed by atoms with Crippen molar-refractivity contribution >= 4 is 11.9 Å². The van der Waals surface area contributed by atoms with Gasteiger partial charge in [-0.15, -0.1) is 0 Å². The minimum absolute atomic E-state index is 0.134. The first-order valence-corrected chi connectivity index (χ1v) is 9.77. The second-order valence-electron chi connectivity index (χ2n) is 7.11. The first kappa shape index (κ1) is 21.5. The van der Waals surface area contributed by atoms with E-state index in [1.54, 1.807) is 37.3 Å². The Kier molecular flexibility index (Phi) is 8.07. The molecule has 0 saturated carbocycles. The zero-order valence-electron chi connectivity index (χ0n) is 17.1. The van der Waals surface area contributed by atoms with Gasteiger partial charge in [-0.1, -0.05) is 31.3 Å². The molecular weight excluding hydrogens is 352 g/mol. The standard InChI is InChI=1S/C24H28O4/c1-5-27-24(26)20-15-13-19(14-16-20)10-6-7-11-21-18(4)9-8-12-22(21)28-23(25)17(2)3/h7,11,13-17,22H,5,8-9,12H2,1-4H3. The molecule has 0 aromatic heterocycles. The van der Waals surface area contributed by atoms with Gasteiger partial charge in [-0.05, 0) is 75.1 Å². The van der Waals surface area contributed by atoms with E-state index in [1.165, 1.54) is 5.57 Å². The van der Waals surface area contributed by atoms with Crippen LogP contribution >= 0.6 is 0 Å². The molecule has 1 aromatic rings. The lowest BCUT2D eigenvalue weighted by atomic mass is 9.90. The third kappa shape index (κ3) is 6.13. The molecule has 1 unspecified atom stereocenters. The maximum absolute atomic E-state index is 12.0. The van der Waals surface area contributed by atoms with Crippen LogP contribution in [-0.4, -0.2) is 24.6 Å². The van der Waals surface area contributed by atoms with Crippen molar-refractivity contribution in [3.63, 3.8) is 0 Å². The molecule has 0 radical (unpaired) electrons. The van der Waals surface area contributed by atoms with Gasteiger partial charge in [-0.25, -0.2) is 4.79 Å². The first-order chi connectivity index (χ1) is 13.4. The summed E-state index contributed by atoms with van der Waals surface area (Å²) in [5, 5.41) is 0. The number of esters is 2. The third-order valence-electron chi connectivity index (χ3n) is 4.55. The predicted octanol–water partition coefficient (Wildman–Crippen LogP) is 4.84. The number of benzene rings is 1. The molecule has 0 bridgehead atoms. The molecule has 148 valence electrons. The van der Waals surface area contributed by atoms with Crippen molar-refractivity contribution in [3.8, 4) is 11.8 Å². The zero-order chi connectivity index (χ0) is 20.5. The molecule has 1 atom stereocenters. The number of hydrogen-bond acceptors (Lipinski definition) is 4. The van der Waals surface area contributed by atoms with Crippen LogP contribution in [0.3, 0.4) is 0 Å². The van der Waals surface area contributed by atoms with E-state index in [0.29, 0.717) is 12.2 Å². The summed E-state index contributed by atoms with van der Waals surface area (Å²) in [4.78, 5) is 23.6. The average Bonchev–Trinajstić information content (AvgIpc) is 2.67. The van der Waals surface area contributed by atoms with Gasteiger partial charge < -0.3 is 9.47 Å². The van der Waals surface area contributed by atoms with Gasteiger partial charge in [0.2, 0.25) is 0 Å². The van der Waals surface area contributed by atoms with Crippen molar-refractivity contribution in [2.24, 2.45) is 5.92 Å². The lowest BCUT2D eigenvalue weighted by molar-refractivity contribution is -0.151. The lowest BCUT2D eigenvalue weighted by Crippen LogP contribution is -2.25. The van der Waals surface area contributed by atoms with E-state index in [9.17, 15) is 9.59 Å². The molecule has 2 rings (SSSR count). The SMILES string of the molecule is CCOC(=O)c1ccc(C#CC=CC2=C(C)CCCC2OC(=O)C(C)C)cc1. The Labute approximate surface area is 167 Å². The molecule has 0 spiro atoms. The Morgan fingerprint density at radius 3 is 2.61 bits per heavy atom. The highest BCUT2D eigenvalue weighted by Gasteiger charge is 2.24. The summed E-state index contributed by atoms with van der Waals surface area (Å²) in [7, 11) is 0. The summed E-state index contributed by atoms with van der Waals surface area (Å²) < 4.78 is 10.6. The molecule has 0 aliphatic heterocycles. The van der Waals surface area contributed by atoms with Gasteiger partial charge in [0.25, 0.3) is 0 Å². The van der Waals surface area contributed by atoms with E-state index in [-0.39, 0.29) is 24.0 Å². The molecule has 0 saturated heterocycles. The fraction of sp³-hybridized carbons (Fsp3) is 0.417. The minimum atomic E-state index is -0.330. The number of carbonyl (C=O) groups is 2. The van der Waals surface area contributed by atoms with E-state index in [0.717, 1.165) is 30.4 Å². The minimum Gasteiger partial charge on any atom is -0.462 e. The fourth-order valence-corrected chi connectivity index (χ4v) is 2.94. The highest BCUT2D eigenvalue weighted by molar-refractivity contribution is 5.89. The fourth-order valence-electron chi connectivity index (χ4n) is 2.94. The van der Waals surface area contributed by atoms with Gasteiger partial charge >= 0.3 is 11.9 Å². The summed E-state index contributed by atoms with van der Waals surface area (Å²) in [6.45, 7) is 7.90. The third-order valence-corrected chi connectivity index (χ3v) is 4.55. The first-order valence-electron chi connectivity index (χ1n) is 9.77. The average molecular weight is 380 g/mol. The summed E-state index contributed by atoms with van der Waals surface area (Å²) in [5.41, 5.74) is 3.62. The molecule has 28 heavy (non-hydrogen) atoms. The number of ether oxygens (including phenoxy) is 2. The van der Waals surface area contributed by atoms with Gasteiger partial charge in [0.1, 0.15) is 6.10 Å². The molecule has 1 aliphatic carbocycles. The summed E-state index contributed by atoms with van der Waals surface area (Å²) >= 11 is 0. The topological polar surface area (TPSA) is 52.6 Å². The molecule has 0 N–H and O–H groups in total. The highest BCUT2D eigenvalue weighted by Crippen LogP contribution is 2.28. The Balaban J connectivity index is 2.06. The second kappa shape index (κ2) is 10.5. The molecule has 1 aromatic carbocycles. The molecule has 4 nitrogen and oxygen atoms in total. The number of carbonyl (C=O) groups excluding carboxylic acids is 2. The van der Waals surface area contributed by atoms with Crippen LogP contribution < -0.4 is 0 Å². The monoisotopic (exact) mass is 380 g/mol. The predicted molar refractivity (Wildman–Crippen MR) is 110 cm³/mol. The molecule has 1 aliphatic rings. The van der Waals surface area contributed by atoms with Crippen LogP contribution in [0, 0.1) is 17.8 Å². The molecule has 0 fully saturated rings. The molecule has 0 amide bonds. The van der Waals surface area contributed by atoms with Crippen LogP contribution in [-0.2, 0) is 14.3 Å². The van der Waals surface area contributed by atoms with Gasteiger partial charge in [0.05, 0.1) is 18.1 Å². The summed E-state index contributed by atoms with van der Waals surface area (Å²) in [5.74, 6) is 5.44. The van der Waals surface area contributed by atoms with E-state index in [2.05, 4.69) is 18.8 Å². The highest BCUT2D eigenvalue weighted by atomic mass is 16.5. The summed E-state index contributed by atoms with van der Waals surface area (Å²) in [6, 6.07) is 7.01. The van der Waals surface area contributed by atoms with Crippen molar-refractivity contribution in [3.05, 3.63) is 58.7 Å². The Bertz CT molecular complexity index is 816. The largest absolute Gasteiger partial charge is 0.462 e. The molecule has 0 heterocycles. The van der Waals surface area contributed by atoms with Crippen molar-refractivity contribution < 1.29 is 19.1 Å². The van der Waals surface area contributed by atoms with Crippen LogP contribution in [0.25, 0.3) is 0 Å². The number of rotatable bonds is 5. The summed E-state index contributed by atoms with van der Waals surface area (Å²) in [6.07, 6.45) is 6.44. The van der Waals surface area contributed by atoms with E-state index >= 15 is 0 Å². The Hall–Kier alpha value is -2.80. The normalized spacial score (nSPS) is 16.7. The van der Waals surface area contributed by atoms with Crippen molar-refractivity contribution in [2.75, 3.05) is 6.61 Å². The quantitative estimate of drug-likeness (QED) is 0.542. The van der Waals surface area contributed by atoms with E-state index in [1.807, 2.05) is 19.9 Å². The zero-order valence-corrected chi connectivity index (χ0v) is 17.1. The van der Waals surface area contributed by atoms with Crippen LogP contribution in [0.1, 0.15) is 62.9 Å². The second-order valence-corrected chi connectivity index (χ2v) is 7.11. The molecular formula is C24H28O4. The van der Waals surface area contributed by atoms with Gasteiger partial charge in [-0.2, -0.15) is 0 Å². The number of hydrogen-bond donors (Lipinski definition) is 0. The Morgan fingerprint density at radius 2 is 1.96 bits per heavy atom. The maximum Gasteiger partial charge on any atom is 0.338 e. The van der Waals surface area contributed by atoms with Crippen molar-refractivity contribution in [2.45, 2.75) is 53.1 Å². The van der Waals surface area contributed by atoms with Crippen LogP contribution in [0.15, 0.2) is 47.6 Å². The number of allylic oxidation sites excluding steroid dienone is 2.